The average molecular weight is 341 g/mol. The van der Waals surface area contributed by atoms with Crippen LogP contribution in [0, 0.1) is 0 Å². The summed E-state index contributed by atoms with van der Waals surface area (Å²) >= 11 is 0. The number of aliphatic imine (C=N–C) groups is 1. The molecule has 0 fully saturated rings. The van der Waals surface area contributed by atoms with Crippen molar-refractivity contribution in [3.05, 3.63) is 53.9 Å². The first-order valence-electron chi connectivity index (χ1n) is 7.59. The van der Waals surface area contributed by atoms with Crippen molar-refractivity contribution in [1.29, 1.82) is 0 Å². The molecule has 0 aliphatic rings. The summed E-state index contributed by atoms with van der Waals surface area (Å²) in [5.41, 5.74) is 5.83. The van der Waals surface area contributed by atoms with Crippen molar-refractivity contribution in [2.24, 2.45) is 10.7 Å². The molecule has 1 aromatic rings. The molecule has 3 N–H and O–H groups in total. The largest absolute Gasteiger partial charge is 0.475 e. The molecule has 7 heteroatoms. The van der Waals surface area contributed by atoms with Crippen LogP contribution >= 0.6 is 0 Å². The summed E-state index contributed by atoms with van der Waals surface area (Å²) in [6.45, 7) is 4.36. The van der Waals surface area contributed by atoms with E-state index in [0.29, 0.717) is 30.2 Å². The van der Waals surface area contributed by atoms with E-state index in [-0.39, 0.29) is 6.61 Å². The fourth-order valence-corrected chi connectivity index (χ4v) is 1.78. The average Bonchev–Trinajstić information content (AvgIpc) is 2.54. The number of nitrogens with zero attached hydrogens (tertiary/aromatic N) is 1. The van der Waals surface area contributed by atoms with Gasteiger partial charge in [-0.05, 0) is 37.6 Å². The minimum Gasteiger partial charge on any atom is -0.475 e. The third-order valence-corrected chi connectivity index (χ3v) is 2.83. The zero-order chi connectivity index (χ0) is 18.0. The molecule has 1 rings (SSSR count). The lowest BCUT2D eigenvalue weighted by Crippen LogP contribution is -2.19. The molecule has 0 radical (unpaired) electrons. The van der Waals surface area contributed by atoms with Crippen LogP contribution < -0.4 is 11.1 Å². The third kappa shape index (κ3) is 6.45. The molecule has 24 heavy (non-hydrogen) atoms. The molecule has 0 aromatic heterocycles. The van der Waals surface area contributed by atoms with Crippen molar-refractivity contribution in [2.45, 2.75) is 26.4 Å². The van der Waals surface area contributed by atoms with E-state index in [9.17, 15) is 13.2 Å². The Hall–Kier alpha value is -2.28. The van der Waals surface area contributed by atoms with Crippen LogP contribution in [0.25, 0.3) is 0 Å². The number of hydrogen-bond acceptors (Lipinski definition) is 4. The number of rotatable bonds is 7. The van der Waals surface area contributed by atoms with E-state index >= 15 is 0 Å². The van der Waals surface area contributed by atoms with E-state index < -0.39 is 11.7 Å². The summed E-state index contributed by atoms with van der Waals surface area (Å²) in [5, 5.41) is 3.04. The van der Waals surface area contributed by atoms with Gasteiger partial charge in [0.25, 0.3) is 0 Å². The Labute approximate surface area is 139 Å². The molecule has 0 bridgehead atoms. The van der Waals surface area contributed by atoms with Crippen molar-refractivity contribution in [3.8, 4) is 0 Å². The van der Waals surface area contributed by atoms with Crippen molar-refractivity contribution in [3.63, 3.8) is 0 Å². The highest BCUT2D eigenvalue weighted by Gasteiger charge is 2.29. The zero-order valence-electron chi connectivity index (χ0n) is 13.7. The molecule has 0 unspecified atom stereocenters. The molecule has 0 saturated carbocycles. The number of nitrogens with two attached hydrogens (primary N) is 1. The van der Waals surface area contributed by atoms with Crippen molar-refractivity contribution >= 4 is 11.6 Å². The topological polar surface area (TPSA) is 59.6 Å². The lowest BCUT2D eigenvalue weighted by atomic mass is 10.2. The smallest absolute Gasteiger partial charge is 0.416 e. The van der Waals surface area contributed by atoms with Gasteiger partial charge in [0.05, 0.1) is 11.3 Å². The molecule has 0 aliphatic heterocycles. The van der Waals surface area contributed by atoms with Crippen LogP contribution in [0.1, 0.15) is 25.8 Å². The maximum Gasteiger partial charge on any atom is 0.416 e. The number of ether oxygens (including phenoxy) is 1. The second-order valence-corrected chi connectivity index (χ2v) is 4.78. The minimum absolute atomic E-state index is 0.284. The lowest BCUT2D eigenvalue weighted by Gasteiger charge is -2.15. The van der Waals surface area contributed by atoms with Crippen LogP contribution in [-0.4, -0.2) is 19.0 Å². The number of alkyl halides is 3. The predicted molar refractivity (Wildman–Crippen MR) is 90.7 cm³/mol. The molecule has 4 nitrogen and oxygen atoms in total. The molecule has 0 saturated heterocycles. The summed E-state index contributed by atoms with van der Waals surface area (Å²) in [7, 11) is 0. The first kappa shape index (κ1) is 19.8. The first-order valence-corrected chi connectivity index (χ1v) is 7.59. The maximum atomic E-state index is 12.6. The third-order valence-electron chi connectivity index (χ3n) is 2.83. The Morgan fingerprint density at radius 3 is 2.46 bits per heavy atom. The van der Waals surface area contributed by atoms with Crippen LogP contribution in [-0.2, 0) is 10.9 Å². The van der Waals surface area contributed by atoms with Gasteiger partial charge < -0.3 is 15.8 Å². The Kier molecular flexibility index (Phi) is 8.05. The van der Waals surface area contributed by atoms with Gasteiger partial charge in [-0.15, -0.1) is 0 Å². The summed E-state index contributed by atoms with van der Waals surface area (Å²) in [5.74, 6) is 0.334. The SMILES string of the molecule is C\C=C/N=C(OCCN)/C(=C/CC)Nc1ccc(C(F)(F)F)cc1. The number of benzene rings is 1. The van der Waals surface area contributed by atoms with E-state index in [2.05, 4.69) is 10.3 Å². The molecule has 0 heterocycles. The van der Waals surface area contributed by atoms with Gasteiger partial charge in [-0.3, -0.25) is 0 Å². The normalized spacial score (nSPS) is 13.4. The Morgan fingerprint density at radius 1 is 1.29 bits per heavy atom. The van der Waals surface area contributed by atoms with E-state index in [1.54, 1.807) is 12.3 Å². The molecule has 0 atom stereocenters. The summed E-state index contributed by atoms with van der Waals surface area (Å²) < 4.78 is 43.4. The molecule has 132 valence electrons. The van der Waals surface area contributed by atoms with Gasteiger partial charge in [0.1, 0.15) is 6.61 Å². The predicted octanol–water partition coefficient (Wildman–Crippen LogP) is 4.32. The van der Waals surface area contributed by atoms with Gasteiger partial charge in [-0.1, -0.05) is 19.1 Å². The fraction of sp³-hybridized carbons (Fsp3) is 0.353. The quantitative estimate of drug-likeness (QED) is 0.574. The lowest BCUT2D eigenvalue weighted by molar-refractivity contribution is -0.137. The fourth-order valence-electron chi connectivity index (χ4n) is 1.78. The number of hydrogen-bond donors (Lipinski definition) is 2. The maximum absolute atomic E-state index is 12.6. The van der Waals surface area contributed by atoms with Gasteiger partial charge in [-0.25, -0.2) is 4.99 Å². The summed E-state index contributed by atoms with van der Waals surface area (Å²) in [6.07, 6.45) is 1.50. The van der Waals surface area contributed by atoms with Crippen LogP contribution in [0.5, 0.6) is 0 Å². The van der Waals surface area contributed by atoms with Gasteiger partial charge in [0.15, 0.2) is 0 Å². The Balaban J connectivity index is 3.01. The molecular formula is C17H22F3N3O. The van der Waals surface area contributed by atoms with Crippen molar-refractivity contribution in [1.82, 2.24) is 0 Å². The second kappa shape index (κ2) is 9.77. The van der Waals surface area contributed by atoms with Crippen LogP contribution in [0.4, 0.5) is 18.9 Å². The van der Waals surface area contributed by atoms with E-state index in [1.807, 2.05) is 19.9 Å². The van der Waals surface area contributed by atoms with Crippen molar-refractivity contribution < 1.29 is 17.9 Å². The highest BCUT2D eigenvalue weighted by atomic mass is 19.4. The molecule has 1 aromatic carbocycles. The van der Waals surface area contributed by atoms with Crippen LogP contribution in [0.3, 0.4) is 0 Å². The first-order chi connectivity index (χ1) is 11.4. The number of allylic oxidation sites excluding steroid dienone is 2. The summed E-state index contributed by atoms with van der Waals surface area (Å²) in [6, 6.07) is 4.77. The Bertz CT molecular complexity index is 590. The molecule has 0 aliphatic carbocycles. The number of nitrogens with one attached hydrogen (secondary N) is 1. The Morgan fingerprint density at radius 2 is 1.96 bits per heavy atom. The van der Waals surface area contributed by atoms with Crippen LogP contribution in [0.2, 0.25) is 0 Å². The second-order valence-electron chi connectivity index (χ2n) is 4.78. The molecular weight excluding hydrogens is 319 g/mol. The highest BCUT2D eigenvalue weighted by molar-refractivity contribution is 5.96. The van der Waals surface area contributed by atoms with E-state index in [1.165, 1.54) is 12.1 Å². The van der Waals surface area contributed by atoms with Gasteiger partial charge in [0, 0.05) is 18.4 Å². The molecule has 0 spiro atoms. The monoisotopic (exact) mass is 341 g/mol. The van der Waals surface area contributed by atoms with Crippen LogP contribution in [0.15, 0.2) is 53.3 Å². The van der Waals surface area contributed by atoms with Gasteiger partial charge >= 0.3 is 6.18 Å². The van der Waals surface area contributed by atoms with E-state index in [0.717, 1.165) is 12.1 Å². The minimum atomic E-state index is -4.36. The summed E-state index contributed by atoms with van der Waals surface area (Å²) in [4.78, 5) is 4.20. The standard InChI is InChI=1S/C17H22F3N3O/c1-3-5-15(16(22-11-4-2)24-12-10-21)23-14-8-6-13(7-9-14)17(18,19)20/h4-9,11,23H,3,10,12,21H2,1-2H3/b11-4-,15-5-,22-16-. The van der Waals surface area contributed by atoms with Crippen molar-refractivity contribution in [2.75, 3.05) is 18.5 Å². The highest BCUT2D eigenvalue weighted by Crippen LogP contribution is 2.30. The zero-order valence-corrected chi connectivity index (χ0v) is 13.7. The van der Waals surface area contributed by atoms with Gasteiger partial charge in [-0.2, -0.15) is 13.2 Å². The number of anilines is 1. The molecule has 0 amide bonds. The number of halogens is 3. The van der Waals surface area contributed by atoms with E-state index in [4.69, 9.17) is 10.5 Å². The van der Waals surface area contributed by atoms with Gasteiger partial charge in [0.2, 0.25) is 5.90 Å².